The summed E-state index contributed by atoms with van der Waals surface area (Å²) in [7, 11) is 0. The molecule has 1 aliphatic rings. The highest BCUT2D eigenvalue weighted by Crippen LogP contribution is 2.20. The van der Waals surface area contributed by atoms with Crippen molar-refractivity contribution in [3.05, 3.63) is 33.8 Å². The fourth-order valence-electron chi connectivity index (χ4n) is 2.83. The van der Waals surface area contributed by atoms with Crippen LogP contribution in [0.2, 0.25) is 0 Å². The van der Waals surface area contributed by atoms with E-state index in [1.807, 2.05) is 25.7 Å². The van der Waals surface area contributed by atoms with Crippen molar-refractivity contribution in [2.75, 3.05) is 19.6 Å². The van der Waals surface area contributed by atoms with Gasteiger partial charge >= 0.3 is 6.09 Å². The molecule has 1 atom stereocenters. The summed E-state index contributed by atoms with van der Waals surface area (Å²) in [6.45, 7) is 13.3. The first kappa shape index (κ1) is 18.3. The molecule has 1 aliphatic heterocycles. The standard InChI is InChI=1S/C18H27BrN2O2/c1-13-10-15(6-7-16(13)19)12-20-8-9-21(14(2)11-20)17(22)23-18(3,4)5/h6-7,10,14H,8-9,11-12H2,1-5H3/t14-/m1/s1. The Labute approximate surface area is 147 Å². The molecule has 5 heteroatoms. The van der Waals surface area contributed by atoms with E-state index in [1.54, 1.807) is 0 Å². The third kappa shape index (κ3) is 5.21. The van der Waals surface area contributed by atoms with E-state index < -0.39 is 5.60 Å². The number of nitrogens with zero attached hydrogens (tertiary/aromatic N) is 2. The number of amides is 1. The molecule has 0 saturated carbocycles. The number of halogens is 1. The number of hydrogen-bond acceptors (Lipinski definition) is 3. The molecule has 1 aromatic carbocycles. The number of rotatable bonds is 2. The summed E-state index contributed by atoms with van der Waals surface area (Å²) in [5.41, 5.74) is 2.12. The molecule has 0 unspecified atom stereocenters. The van der Waals surface area contributed by atoms with Crippen LogP contribution in [-0.4, -0.2) is 47.2 Å². The van der Waals surface area contributed by atoms with Gasteiger partial charge in [-0.25, -0.2) is 4.79 Å². The van der Waals surface area contributed by atoms with Crippen LogP contribution in [0.1, 0.15) is 38.8 Å². The molecule has 0 aromatic heterocycles. The van der Waals surface area contributed by atoms with Crippen molar-refractivity contribution in [3.63, 3.8) is 0 Å². The highest BCUT2D eigenvalue weighted by atomic mass is 79.9. The lowest BCUT2D eigenvalue weighted by molar-refractivity contribution is 0.000563. The number of carbonyl (C=O) groups is 1. The third-order valence-corrected chi connectivity index (χ3v) is 4.86. The van der Waals surface area contributed by atoms with Crippen LogP contribution in [0.15, 0.2) is 22.7 Å². The minimum absolute atomic E-state index is 0.162. The molecule has 0 bridgehead atoms. The summed E-state index contributed by atoms with van der Waals surface area (Å²) in [4.78, 5) is 16.5. The van der Waals surface area contributed by atoms with Crippen LogP contribution in [0, 0.1) is 6.92 Å². The highest BCUT2D eigenvalue weighted by molar-refractivity contribution is 9.10. The van der Waals surface area contributed by atoms with Crippen LogP contribution in [0.3, 0.4) is 0 Å². The van der Waals surface area contributed by atoms with Gasteiger partial charge in [-0.3, -0.25) is 4.90 Å². The molecule has 0 radical (unpaired) electrons. The molecule has 1 aromatic rings. The molecule has 23 heavy (non-hydrogen) atoms. The van der Waals surface area contributed by atoms with Crippen LogP contribution in [0.5, 0.6) is 0 Å². The van der Waals surface area contributed by atoms with Crippen molar-refractivity contribution in [1.82, 2.24) is 9.80 Å². The number of benzene rings is 1. The predicted molar refractivity (Wildman–Crippen MR) is 96.6 cm³/mol. The van der Waals surface area contributed by atoms with Crippen molar-refractivity contribution >= 4 is 22.0 Å². The van der Waals surface area contributed by atoms with Gasteiger partial charge in [0.15, 0.2) is 0 Å². The molecular formula is C18H27BrN2O2. The lowest BCUT2D eigenvalue weighted by Crippen LogP contribution is -2.54. The first-order valence-electron chi connectivity index (χ1n) is 8.13. The number of carbonyl (C=O) groups excluding carboxylic acids is 1. The van der Waals surface area contributed by atoms with Gasteiger partial charge in [-0.05, 0) is 51.8 Å². The number of ether oxygens (including phenoxy) is 1. The van der Waals surface area contributed by atoms with Gasteiger partial charge in [0.2, 0.25) is 0 Å². The fraction of sp³-hybridized carbons (Fsp3) is 0.611. The minimum atomic E-state index is -0.442. The topological polar surface area (TPSA) is 32.8 Å². The Morgan fingerprint density at radius 1 is 1.35 bits per heavy atom. The maximum Gasteiger partial charge on any atom is 0.410 e. The average molecular weight is 383 g/mol. The molecule has 128 valence electrons. The summed E-state index contributed by atoms with van der Waals surface area (Å²) in [5, 5.41) is 0. The average Bonchev–Trinajstić information content (AvgIpc) is 2.41. The Morgan fingerprint density at radius 2 is 2.04 bits per heavy atom. The van der Waals surface area contributed by atoms with E-state index in [1.165, 1.54) is 11.1 Å². The van der Waals surface area contributed by atoms with Crippen LogP contribution in [0.4, 0.5) is 4.79 Å². The van der Waals surface area contributed by atoms with Crippen LogP contribution >= 0.6 is 15.9 Å². The second kappa shape index (κ2) is 7.22. The van der Waals surface area contributed by atoms with Gasteiger partial charge in [-0.2, -0.15) is 0 Å². The summed E-state index contributed by atoms with van der Waals surface area (Å²) in [6.07, 6.45) is -0.205. The van der Waals surface area contributed by atoms with E-state index >= 15 is 0 Å². The maximum atomic E-state index is 12.3. The molecule has 4 nitrogen and oxygen atoms in total. The highest BCUT2D eigenvalue weighted by Gasteiger charge is 2.30. The quantitative estimate of drug-likeness (QED) is 0.768. The summed E-state index contributed by atoms with van der Waals surface area (Å²) >= 11 is 3.54. The zero-order chi connectivity index (χ0) is 17.2. The van der Waals surface area contributed by atoms with Gasteiger partial charge in [-0.15, -0.1) is 0 Å². The van der Waals surface area contributed by atoms with Crippen molar-refractivity contribution in [1.29, 1.82) is 0 Å². The van der Waals surface area contributed by atoms with Crippen LogP contribution in [0.25, 0.3) is 0 Å². The molecular weight excluding hydrogens is 356 g/mol. The Balaban J connectivity index is 1.93. The number of piperazine rings is 1. The van der Waals surface area contributed by atoms with E-state index in [2.05, 4.69) is 52.9 Å². The molecule has 1 heterocycles. The first-order valence-corrected chi connectivity index (χ1v) is 8.92. The lowest BCUT2D eigenvalue weighted by atomic mass is 10.1. The Hall–Kier alpha value is -1.07. The van der Waals surface area contributed by atoms with Crippen molar-refractivity contribution in [2.24, 2.45) is 0 Å². The van der Waals surface area contributed by atoms with Crippen LogP contribution in [-0.2, 0) is 11.3 Å². The molecule has 1 saturated heterocycles. The lowest BCUT2D eigenvalue weighted by Gasteiger charge is -2.40. The zero-order valence-corrected chi connectivity index (χ0v) is 16.3. The Bertz CT molecular complexity index is 569. The molecule has 0 N–H and O–H groups in total. The van der Waals surface area contributed by atoms with E-state index in [9.17, 15) is 4.79 Å². The van der Waals surface area contributed by atoms with Crippen LogP contribution < -0.4 is 0 Å². The van der Waals surface area contributed by atoms with Crippen molar-refractivity contribution < 1.29 is 9.53 Å². The minimum Gasteiger partial charge on any atom is -0.444 e. The first-order chi connectivity index (χ1) is 10.7. The Kier molecular flexibility index (Phi) is 5.74. The summed E-state index contributed by atoms with van der Waals surface area (Å²) in [5.74, 6) is 0. The SMILES string of the molecule is Cc1cc(CN2CCN(C(=O)OC(C)(C)C)[C@H](C)C2)ccc1Br. The smallest absolute Gasteiger partial charge is 0.410 e. The second-order valence-corrected chi connectivity index (χ2v) is 8.20. The second-order valence-electron chi connectivity index (χ2n) is 7.34. The molecule has 2 rings (SSSR count). The van der Waals surface area contributed by atoms with E-state index in [4.69, 9.17) is 4.74 Å². The predicted octanol–water partition coefficient (Wildman–Crippen LogP) is 4.20. The normalized spacial score (nSPS) is 19.7. The zero-order valence-electron chi connectivity index (χ0n) is 14.7. The van der Waals surface area contributed by atoms with Gasteiger partial charge in [0.05, 0.1) is 0 Å². The van der Waals surface area contributed by atoms with E-state index in [-0.39, 0.29) is 12.1 Å². The van der Waals surface area contributed by atoms with Crippen molar-refractivity contribution in [3.8, 4) is 0 Å². The largest absolute Gasteiger partial charge is 0.444 e. The molecule has 1 amide bonds. The summed E-state index contributed by atoms with van der Waals surface area (Å²) in [6, 6.07) is 6.64. The van der Waals surface area contributed by atoms with Gasteiger partial charge in [0.1, 0.15) is 5.60 Å². The maximum absolute atomic E-state index is 12.3. The Morgan fingerprint density at radius 3 is 2.61 bits per heavy atom. The van der Waals surface area contributed by atoms with Gasteiger partial charge in [0, 0.05) is 36.7 Å². The molecule has 0 aliphatic carbocycles. The summed E-state index contributed by atoms with van der Waals surface area (Å²) < 4.78 is 6.64. The van der Waals surface area contributed by atoms with Crippen molar-refractivity contribution in [2.45, 2.75) is 52.8 Å². The fourth-order valence-corrected chi connectivity index (χ4v) is 3.08. The number of hydrogen-bond donors (Lipinski definition) is 0. The third-order valence-electron chi connectivity index (χ3n) is 3.97. The van der Waals surface area contributed by atoms with Gasteiger partial charge < -0.3 is 9.64 Å². The number of aryl methyl sites for hydroxylation is 1. The monoisotopic (exact) mass is 382 g/mol. The molecule has 1 fully saturated rings. The van der Waals surface area contributed by atoms with Gasteiger partial charge in [0.25, 0.3) is 0 Å². The van der Waals surface area contributed by atoms with Gasteiger partial charge in [-0.1, -0.05) is 28.1 Å². The van der Waals surface area contributed by atoms with E-state index in [0.717, 1.165) is 24.1 Å². The van der Waals surface area contributed by atoms with E-state index in [0.29, 0.717) is 6.54 Å². The molecule has 0 spiro atoms.